The maximum atomic E-state index is 14.3. The summed E-state index contributed by atoms with van der Waals surface area (Å²) in [6, 6.07) is 0. The normalized spacial score (nSPS) is 46.9. The molecular formula is C28H38N4O4. The van der Waals surface area contributed by atoms with Gasteiger partial charge in [-0.05, 0) is 85.0 Å². The predicted octanol–water partition coefficient (Wildman–Crippen LogP) is 2.06. The molecule has 8 aliphatic rings. The van der Waals surface area contributed by atoms with Crippen molar-refractivity contribution in [2.45, 2.75) is 71.1 Å². The topological polar surface area (TPSA) is 81.2 Å². The van der Waals surface area contributed by atoms with Gasteiger partial charge in [-0.3, -0.25) is 38.8 Å². The molecule has 7 unspecified atom stereocenters. The van der Waals surface area contributed by atoms with E-state index in [0.29, 0.717) is 5.92 Å². The van der Waals surface area contributed by atoms with E-state index in [-0.39, 0.29) is 41.9 Å². The summed E-state index contributed by atoms with van der Waals surface area (Å²) in [5.41, 5.74) is 1.66. The van der Waals surface area contributed by atoms with Gasteiger partial charge in [0.2, 0.25) is 23.6 Å². The molecular weight excluding hydrogens is 456 g/mol. The number of hydrogen-bond acceptors (Lipinski definition) is 6. The van der Waals surface area contributed by atoms with Gasteiger partial charge in [0.15, 0.2) is 0 Å². The maximum absolute atomic E-state index is 14.3. The van der Waals surface area contributed by atoms with Gasteiger partial charge in [0.25, 0.3) is 0 Å². The zero-order valence-electron chi connectivity index (χ0n) is 21.9. The number of rotatable bonds is 2. The summed E-state index contributed by atoms with van der Waals surface area (Å²) in [4.78, 5) is 64.4. The number of allylic oxidation sites excluding steroid dienone is 2. The van der Waals surface area contributed by atoms with Crippen molar-refractivity contribution in [3.05, 3.63) is 11.1 Å². The van der Waals surface area contributed by atoms with Crippen molar-refractivity contribution >= 4 is 23.6 Å². The molecule has 0 radical (unpaired) electrons. The number of carbonyl (C=O) groups excluding carboxylic acids is 4. The summed E-state index contributed by atoms with van der Waals surface area (Å²) in [6.45, 7) is 6.05. The third-order valence-corrected chi connectivity index (χ3v) is 11.3. The van der Waals surface area contributed by atoms with Crippen molar-refractivity contribution in [2.75, 3.05) is 27.2 Å². The zero-order valence-corrected chi connectivity index (χ0v) is 21.9. The maximum Gasteiger partial charge on any atom is 0.235 e. The molecule has 0 aromatic rings. The van der Waals surface area contributed by atoms with Crippen molar-refractivity contribution in [3.8, 4) is 0 Å². The third kappa shape index (κ3) is 2.53. The molecule has 8 heteroatoms. The quantitative estimate of drug-likeness (QED) is 0.432. The van der Waals surface area contributed by atoms with Gasteiger partial charge in [-0.1, -0.05) is 18.1 Å². The monoisotopic (exact) mass is 494 g/mol. The van der Waals surface area contributed by atoms with Crippen LogP contribution in [0.3, 0.4) is 0 Å². The van der Waals surface area contributed by atoms with Crippen LogP contribution in [-0.4, -0.2) is 82.7 Å². The number of amides is 4. The minimum atomic E-state index is -0.705. The first-order chi connectivity index (χ1) is 17.2. The Bertz CT molecular complexity index is 1050. The lowest BCUT2D eigenvalue weighted by Gasteiger charge is -2.61. The van der Waals surface area contributed by atoms with E-state index in [2.05, 4.69) is 23.6 Å². The summed E-state index contributed by atoms with van der Waals surface area (Å²) in [7, 11) is 3.98. The number of nitrogens with zero attached hydrogens (tertiary/aromatic N) is 4. The van der Waals surface area contributed by atoms with Gasteiger partial charge in [0.05, 0.1) is 36.0 Å². The standard InChI is InChI=1S/C28H38N4O4/c1-14-9-10-16-15(2)19-20-22(26(35)31(24(20)33)17-7-5-11-29(17)3)28(16,13-14)23-21(19)25(34)32(27(23)36)18-8-6-12-30(18)4/h14,17-23H,5-13H2,1-4H3. The van der Waals surface area contributed by atoms with E-state index in [9.17, 15) is 19.2 Å². The van der Waals surface area contributed by atoms with E-state index >= 15 is 0 Å². The predicted molar refractivity (Wildman–Crippen MR) is 131 cm³/mol. The Morgan fingerprint density at radius 1 is 0.722 bits per heavy atom. The molecule has 4 aliphatic carbocycles. The second-order valence-electron chi connectivity index (χ2n) is 12.9. The Balaban J connectivity index is 1.40. The van der Waals surface area contributed by atoms with Crippen LogP contribution >= 0.6 is 0 Å². The van der Waals surface area contributed by atoms with Crippen molar-refractivity contribution in [1.82, 2.24) is 19.6 Å². The fourth-order valence-corrected chi connectivity index (χ4v) is 10.0. The second-order valence-corrected chi connectivity index (χ2v) is 12.9. The number of carbonyl (C=O) groups is 4. The van der Waals surface area contributed by atoms with Gasteiger partial charge in [0, 0.05) is 11.3 Å². The summed E-state index contributed by atoms with van der Waals surface area (Å²) in [5, 5.41) is 0. The average molecular weight is 495 g/mol. The van der Waals surface area contributed by atoms with Crippen molar-refractivity contribution in [2.24, 2.45) is 40.9 Å². The molecule has 4 heterocycles. The van der Waals surface area contributed by atoms with E-state index in [4.69, 9.17) is 0 Å². The van der Waals surface area contributed by atoms with Crippen molar-refractivity contribution < 1.29 is 19.2 Å². The van der Waals surface area contributed by atoms with Crippen LogP contribution in [0.4, 0.5) is 0 Å². The van der Waals surface area contributed by atoms with Gasteiger partial charge in [-0.15, -0.1) is 0 Å². The van der Waals surface area contributed by atoms with E-state index in [1.807, 2.05) is 14.1 Å². The van der Waals surface area contributed by atoms with Gasteiger partial charge >= 0.3 is 0 Å². The van der Waals surface area contributed by atoms with E-state index in [0.717, 1.165) is 63.6 Å². The molecule has 0 aromatic heterocycles. The van der Waals surface area contributed by atoms with Crippen LogP contribution in [0.15, 0.2) is 11.1 Å². The lowest BCUT2D eigenvalue weighted by molar-refractivity contribution is -0.154. The Labute approximate surface area is 213 Å². The molecule has 4 aliphatic heterocycles. The molecule has 2 bridgehead atoms. The smallest absolute Gasteiger partial charge is 0.235 e. The highest BCUT2D eigenvalue weighted by Gasteiger charge is 2.78. The Morgan fingerprint density at radius 3 is 1.67 bits per heavy atom. The molecule has 2 saturated carbocycles. The van der Waals surface area contributed by atoms with Gasteiger partial charge in [0.1, 0.15) is 0 Å². The highest BCUT2D eigenvalue weighted by atomic mass is 16.2. The van der Waals surface area contributed by atoms with E-state index in [1.165, 1.54) is 5.57 Å². The highest BCUT2D eigenvalue weighted by Crippen LogP contribution is 2.72. The minimum Gasteiger partial charge on any atom is -0.286 e. The number of imide groups is 2. The molecule has 1 spiro atoms. The molecule has 0 N–H and O–H groups in total. The molecule has 4 saturated heterocycles. The highest BCUT2D eigenvalue weighted by molar-refractivity contribution is 6.12. The minimum absolute atomic E-state index is 0.0806. The molecule has 8 rings (SSSR count). The Hall–Kier alpha value is -2.06. The molecule has 0 aromatic carbocycles. The molecule has 36 heavy (non-hydrogen) atoms. The molecule has 6 fully saturated rings. The van der Waals surface area contributed by atoms with E-state index < -0.39 is 29.1 Å². The summed E-state index contributed by atoms with van der Waals surface area (Å²) in [5.74, 6) is -2.40. The Kier molecular flexibility index (Phi) is 4.81. The van der Waals surface area contributed by atoms with Crippen molar-refractivity contribution in [1.29, 1.82) is 0 Å². The summed E-state index contributed by atoms with van der Waals surface area (Å²) >= 11 is 0. The summed E-state index contributed by atoms with van der Waals surface area (Å²) < 4.78 is 0. The van der Waals surface area contributed by atoms with Crippen LogP contribution in [0.5, 0.6) is 0 Å². The van der Waals surface area contributed by atoms with Crippen LogP contribution in [0.1, 0.15) is 58.8 Å². The molecule has 4 amide bonds. The lowest BCUT2D eigenvalue weighted by Crippen LogP contribution is -2.62. The first kappa shape index (κ1) is 23.1. The van der Waals surface area contributed by atoms with Gasteiger partial charge in [-0.25, -0.2) is 0 Å². The lowest BCUT2D eigenvalue weighted by atomic mass is 9.39. The molecule has 7 atom stereocenters. The average Bonchev–Trinajstić information content (AvgIpc) is 3.56. The zero-order chi connectivity index (χ0) is 25.3. The first-order valence-electron chi connectivity index (χ1n) is 14.0. The summed E-state index contributed by atoms with van der Waals surface area (Å²) in [6.07, 6.45) is 5.74. The van der Waals surface area contributed by atoms with Crippen molar-refractivity contribution in [3.63, 3.8) is 0 Å². The number of hydrogen-bond donors (Lipinski definition) is 0. The largest absolute Gasteiger partial charge is 0.286 e. The van der Waals surface area contributed by atoms with Crippen LogP contribution in [0.2, 0.25) is 0 Å². The van der Waals surface area contributed by atoms with Crippen LogP contribution < -0.4 is 0 Å². The Morgan fingerprint density at radius 2 is 1.22 bits per heavy atom. The fourth-order valence-electron chi connectivity index (χ4n) is 10.0. The van der Waals surface area contributed by atoms with Crippen LogP contribution in [0, 0.1) is 40.9 Å². The first-order valence-corrected chi connectivity index (χ1v) is 14.0. The third-order valence-electron chi connectivity index (χ3n) is 11.3. The van der Waals surface area contributed by atoms with Crippen LogP contribution in [0.25, 0.3) is 0 Å². The SMILES string of the molecule is CC1=C2CCC(C)CC23C2C(=O)N(C4CCCN4C)C(=O)C2C1C1C(=O)N(C2CCCN2C)C(=O)C13. The second kappa shape index (κ2) is 7.50. The number of likely N-dealkylation sites (tertiary alicyclic amines) is 4. The molecule has 194 valence electrons. The van der Waals surface area contributed by atoms with E-state index in [1.54, 1.807) is 9.80 Å². The van der Waals surface area contributed by atoms with Gasteiger partial charge < -0.3 is 0 Å². The molecule has 8 nitrogen and oxygen atoms in total. The van der Waals surface area contributed by atoms with Gasteiger partial charge in [-0.2, -0.15) is 0 Å². The fraction of sp³-hybridized carbons (Fsp3) is 0.786. The van der Waals surface area contributed by atoms with Crippen LogP contribution in [-0.2, 0) is 19.2 Å².